The highest BCUT2D eigenvalue weighted by Crippen LogP contribution is 2.30. The number of benzene rings is 2. The van der Waals surface area contributed by atoms with Crippen LogP contribution in [0.15, 0.2) is 36.4 Å². The summed E-state index contributed by atoms with van der Waals surface area (Å²) in [7, 11) is 1.71. The van der Waals surface area contributed by atoms with E-state index in [9.17, 15) is 0 Å². The van der Waals surface area contributed by atoms with E-state index in [4.69, 9.17) is 15.2 Å². The Hall–Kier alpha value is -1.62. The van der Waals surface area contributed by atoms with Crippen LogP contribution in [-0.4, -0.2) is 44.3 Å². The minimum atomic E-state index is 0.168. The van der Waals surface area contributed by atoms with Gasteiger partial charge in [0.05, 0.1) is 19.8 Å². The van der Waals surface area contributed by atoms with Crippen molar-refractivity contribution in [2.75, 3.05) is 33.4 Å². The van der Waals surface area contributed by atoms with Gasteiger partial charge in [-0.3, -0.25) is 4.90 Å². The minimum absolute atomic E-state index is 0.168. The largest absolute Gasteiger partial charge is 0.497 e. The smallest absolute Gasteiger partial charge is 0.119 e. The number of ether oxygens (including phenoxy) is 2. The van der Waals surface area contributed by atoms with Gasteiger partial charge in [-0.25, -0.2) is 0 Å². The molecule has 1 atom stereocenters. The molecule has 0 bridgehead atoms. The summed E-state index contributed by atoms with van der Waals surface area (Å²) in [6.45, 7) is 4.04. The number of rotatable bonds is 4. The molecule has 0 spiro atoms. The molecule has 0 radical (unpaired) electrons. The van der Waals surface area contributed by atoms with Crippen LogP contribution < -0.4 is 10.5 Å². The number of hydrogen-bond acceptors (Lipinski definition) is 4. The minimum Gasteiger partial charge on any atom is -0.497 e. The van der Waals surface area contributed by atoms with Gasteiger partial charge in [-0.1, -0.05) is 18.2 Å². The molecule has 4 rings (SSSR count). The molecule has 1 saturated carbocycles. The maximum atomic E-state index is 6.11. The zero-order chi connectivity index (χ0) is 17.9. The lowest BCUT2D eigenvalue weighted by atomic mass is 9.86. The van der Waals surface area contributed by atoms with E-state index in [1.165, 1.54) is 48.6 Å². The van der Waals surface area contributed by atoms with E-state index in [2.05, 4.69) is 35.2 Å². The molecule has 1 aliphatic carbocycles. The summed E-state index contributed by atoms with van der Waals surface area (Å²) in [5.74, 6) is 1.70. The van der Waals surface area contributed by atoms with Gasteiger partial charge in [-0.2, -0.15) is 0 Å². The molecular formula is C22H30N2O2. The quantitative estimate of drug-likeness (QED) is 0.909. The Morgan fingerprint density at radius 1 is 1.08 bits per heavy atom. The molecule has 4 nitrogen and oxygen atoms in total. The van der Waals surface area contributed by atoms with Crippen LogP contribution >= 0.6 is 0 Å². The van der Waals surface area contributed by atoms with E-state index >= 15 is 0 Å². The average molecular weight is 354 g/mol. The second-order valence-electron chi connectivity index (χ2n) is 7.87. The lowest BCUT2D eigenvalue weighted by molar-refractivity contribution is -0.0361. The number of nitrogens with zero attached hydrogens (tertiary/aromatic N) is 1. The molecule has 4 heteroatoms. The summed E-state index contributed by atoms with van der Waals surface area (Å²) < 4.78 is 11.4. The average Bonchev–Trinajstić information content (AvgIpc) is 2.69. The van der Waals surface area contributed by atoms with Gasteiger partial charge in [0.15, 0.2) is 0 Å². The van der Waals surface area contributed by atoms with Gasteiger partial charge >= 0.3 is 0 Å². The summed E-state index contributed by atoms with van der Waals surface area (Å²) in [6.07, 6.45) is 5.10. The Kier molecular flexibility index (Phi) is 5.44. The SMILES string of the molecule is COc1ccc2cc(C3CN(CC4CCC(N)CC4)CCO3)ccc2c1. The van der Waals surface area contributed by atoms with Crippen molar-refractivity contribution in [2.45, 2.75) is 37.8 Å². The predicted molar refractivity (Wildman–Crippen MR) is 106 cm³/mol. The van der Waals surface area contributed by atoms with Crippen molar-refractivity contribution in [1.29, 1.82) is 0 Å². The Labute approximate surface area is 156 Å². The first kappa shape index (κ1) is 17.8. The zero-order valence-corrected chi connectivity index (χ0v) is 15.7. The molecule has 1 aliphatic heterocycles. The molecule has 1 saturated heterocycles. The third kappa shape index (κ3) is 4.03. The Morgan fingerprint density at radius 3 is 2.65 bits per heavy atom. The van der Waals surface area contributed by atoms with E-state index in [0.29, 0.717) is 6.04 Å². The number of hydrogen-bond donors (Lipinski definition) is 1. The lowest BCUT2D eigenvalue weighted by Gasteiger charge is -2.37. The van der Waals surface area contributed by atoms with Gasteiger partial charge in [0.25, 0.3) is 0 Å². The predicted octanol–water partition coefficient (Wildman–Crippen LogP) is 3.74. The van der Waals surface area contributed by atoms with Crippen molar-refractivity contribution in [3.8, 4) is 5.75 Å². The van der Waals surface area contributed by atoms with Crippen LogP contribution in [0.5, 0.6) is 5.75 Å². The van der Waals surface area contributed by atoms with Crippen molar-refractivity contribution in [3.05, 3.63) is 42.0 Å². The first-order valence-electron chi connectivity index (χ1n) is 9.88. The van der Waals surface area contributed by atoms with E-state index < -0.39 is 0 Å². The standard InChI is InChI=1S/C22H30N2O2/c1-25-21-9-6-17-12-19(5-4-18(17)13-21)22-15-24(10-11-26-22)14-16-2-7-20(23)8-3-16/h4-6,9,12-13,16,20,22H,2-3,7-8,10-11,14-15,23H2,1H3. The Bertz CT molecular complexity index is 740. The van der Waals surface area contributed by atoms with E-state index in [1.54, 1.807) is 7.11 Å². The molecule has 2 aromatic rings. The van der Waals surface area contributed by atoms with Crippen LogP contribution in [0.2, 0.25) is 0 Å². The van der Waals surface area contributed by atoms with Crippen LogP contribution in [0.1, 0.15) is 37.4 Å². The topological polar surface area (TPSA) is 47.7 Å². The summed E-state index contributed by atoms with van der Waals surface area (Å²) in [5.41, 5.74) is 7.33. The molecule has 1 heterocycles. The van der Waals surface area contributed by atoms with Gasteiger partial charge in [0.1, 0.15) is 5.75 Å². The second-order valence-corrected chi connectivity index (χ2v) is 7.87. The summed E-state index contributed by atoms with van der Waals surface area (Å²) >= 11 is 0. The van der Waals surface area contributed by atoms with Crippen molar-refractivity contribution < 1.29 is 9.47 Å². The molecular weight excluding hydrogens is 324 g/mol. The fourth-order valence-corrected chi connectivity index (χ4v) is 4.38. The van der Waals surface area contributed by atoms with Crippen molar-refractivity contribution >= 4 is 10.8 Å². The van der Waals surface area contributed by atoms with Gasteiger partial charge in [-0.05, 0) is 66.1 Å². The highest BCUT2D eigenvalue weighted by Gasteiger charge is 2.26. The van der Waals surface area contributed by atoms with Gasteiger partial charge in [0, 0.05) is 25.7 Å². The highest BCUT2D eigenvalue weighted by atomic mass is 16.5. The summed E-state index contributed by atoms with van der Waals surface area (Å²) in [6, 6.07) is 13.3. The van der Waals surface area contributed by atoms with Crippen molar-refractivity contribution in [3.63, 3.8) is 0 Å². The van der Waals surface area contributed by atoms with Crippen molar-refractivity contribution in [2.24, 2.45) is 11.7 Å². The van der Waals surface area contributed by atoms with Crippen LogP contribution in [0, 0.1) is 5.92 Å². The molecule has 2 aliphatic rings. The van der Waals surface area contributed by atoms with Gasteiger partial charge in [-0.15, -0.1) is 0 Å². The molecule has 2 N–H and O–H groups in total. The van der Waals surface area contributed by atoms with Crippen LogP contribution in [0.25, 0.3) is 10.8 Å². The monoisotopic (exact) mass is 354 g/mol. The molecule has 2 fully saturated rings. The number of fused-ring (bicyclic) bond motifs is 1. The zero-order valence-electron chi connectivity index (χ0n) is 15.7. The lowest BCUT2D eigenvalue weighted by Crippen LogP contribution is -2.42. The summed E-state index contributed by atoms with van der Waals surface area (Å²) in [5, 5.41) is 2.45. The Balaban J connectivity index is 1.43. The van der Waals surface area contributed by atoms with E-state index in [0.717, 1.165) is 31.4 Å². The van der Waals surface area contributed by atoms with Crippen molar-refractivity contribution in [1.82, 2.24) is 4.90 Å². The number of nitrogens with two attached hydrogens (primary N) is 1. The van der Waals surface area contributed by atoms with Gasteiger partial charge in [0.2, 0.25) is 0 Å². The second kappa shape index (κ2) is 7.95. The molecule has 2 aromatic carbocycles. The first-order valence-corrected chi connectivity index (χ1v) is 9.88. The molecule has 140 valence electrons. The third-order valence-electron chi connectivity index (χ3n) is 6.00. The normalized spacial score (nSPS) is 27.5. The fraction of sp³-hybridized carbons (Fsp3) is 0.545. The third-order valence-corrected chi connectivity index (χ3v) is 6.00. The van der Waals surface area contributed by atoms with E-state index in [-0.39, 0.29) is 6.10 Å². The van der Waals surface area contributed by atoms with Crippen LogP contribution in [-0.2, 0) is 4.74 Å². The fourth-order valence-electron chi connectivity index (χ4n) is 4.38. The molecule has 26 heavy (non-hydrogen) atoms. The first-order chi connectivity index (χ1) is 12.7. The maximum absolute atomic E-state index is 6.11. The number of methoxy groups -OCH3 is 1. The molecule has 1 unspecified atom stereocenters. The maximum Gasteiger partial charge on any atom is 0.119 e. The van der Waals surface area contributed by atoms with E-state index in [1.807, 2.05) is 6.07 Å². The van der Waals surface area contributed by atoms with Crippen LogP contribution in [0.3, 0.4) is 0 Å². The summed E-state index contributed by atoms with van der Waals surface area (Å²) in [4.78, 5) is 2.59. The van der Waals surface area contributed by atoms with Gasteiger partial charge < -0.3 is 15.2 Å². The number of morpholine rings is 1. The molecule has 0 amide bonds. The van der Waals surface area contributed by atoms with Crippen LogP contribution in [0.4, 0.5) is 0 Å². The Morgan fingerprint density at radius 2 is 1.85 bits per heavy atom. The molecule has 0 aromatic heterocycles. The highest BCUT2D eigenvalue weighted by molar-refractivity contribution is 5.84.